The van der Waals surface area contributed by atoms with Gasteiger partial charge in [-0.15, -0.1) is 12.3 Å². The molecule has 44 heavy (non-hydrogen) atoms. The van der Waals surface area contributed by atoms with E-state index >= 15 is 0 Å². The van der Waals surface area contributed by atoms with Gasteiger partial charge in [0.05, 0.1) is 33.0 Å². The molecule has 3 rings (SSSR count). The molecule has 7 nitrogen and oxygen atoms in total. The molecule has 0 heterocycles. The molecule has 3 aromatic carbocycles. The van der Waals surface area contributed by atoms with E-state index in [9.17, 15) is 14.7 Å². The SMILES string of the molecule is C#CCCC(=O)CCCCCCC(=O)N[C@H](COC(c1ccccc1)(c1ccc(OC)cc1)c1ccc(OC)cc1)[C@@H](C)O. The summed E-state index contributed by atoms with van der Waals surface area (Å²) in [5.41, 5.74) is 1.56. The van der Waals surface area contributed by atoms with E-state index in [2.05, 4.69) is 11.2 Å². The van der Waals surface area contributed by atoms with Gasteiger partial charge in [0.1, 0.15) is 22.9 Å². The van der Waals surface area contributed by atoms with Crippen molar-refractivity contribution in [1.29, 1.82) is 0 Å². The highest BCUT2D eigenvalue weighted by molar-refractivity contribution is 5.78. The Hall–Kier alpha value is -4.12. The summed E-state index contributed by atoms with van der Waals surface area (Å²) in [6.45, 7) is 1.70. The van der Waals surface area contributed by atoms with Crippen LogP contribution in [-0.2, 0) is 19.9 Å². The van der Waals surface area contributed by atoms with Crippen LogP contribution in [0.5, 0.6) is 11.5 Å². The van der Waals surface area contributed by atoms with E-state index in [-0.39, 0.29) is 18.3 Å². The fourth-order valence-corrected chi connectivity index (χ4v) is 5.17. The summed E-state index contributed by atoms with van der Waals surface area (Å²) >= 11 is 0. The molecular weight excluding hydrogens is 554 g/mol. The number of methoxy groups -OCH3 is 2. The Morgan fingerprint density at radius 1 is 0.795 bits per heavy atom. The van der Waals surface area contributed by atoms with Crippen LogP contribution in [0.2, 0.25) is 0 Å². The molecule has 0 unspecified atom stereocenters. The summed E-state index contributed by atoms with van der Waals surface area (Å²) < 4.78 is 17.7. The number of carbonyl (C=O) groups excluding carboxylic acids is 2. The third-order valence-electron chi connectivity index (χ3n) is 7.74. The molecule has 234 valence electrons. The molecule has 0 saturated heterocycles. The van der Waals surface area contributed by atoms with Crippen LogP contribution in [-0.4, -0.2) is 49.8 Å². The lowest BCUT2D eigenvalue weighted by molar-refractivity contribution is -0.124. The van der Waals surface area contributed by atoms with Crippen molar-refractivity contribution >= 4 is 11.7 Å². The van der Waals surface area contributed by atoms with Crippen LogP contribution in [0.4, 0.5) is 0 Å². The van der Waals surface area contributed by atoms with Gasteiger partial charge in [-0.1, -0.05) is 67.4 Å². The van der Waals surface area contributed by atoms with Crippen molar-refractivity contribution in [3.05, 3.63) is 95.6 Å². The number of unbranched alkanes of at least 4 members (excludes halogenated alkanes) is 3. The minimum Gasteiger partial charge on any atom is -0.497 e. The Morgan fingerprint density at radius 2 is 1.32 bits per heavy atom. The summed E-state index contributed by atoms with van der Waals surface area (Å²) in [6.07, 6.45) is 9.36. The van der Waals surface area contributed by atoms with Crippen molar-refractivity contribution in [1.82, 2.24) is 5.32 Å². The van der Waals surface area contributed by atoms with Gasteiger partial charge < -0.3 is 24.6 Å². The second kappa shape index (κ2) is 17.9. The zero-order valence-corrected chi connectivity index (χ0v) is 26.1. The standard InChI is InChI=1S/C37H45NO6/c1-5-6-16-32(40)17-12-7-8-13-18-36(41)38-35(28(2)39)27-44-37(29-14-10-9-11-15-29,30-19-23-33(42-3)24-20-30)31-21-25-34(43-4)26-22-31/h1,9-11,14-15,19-26,28,35,39H,6-8,12-13,16-18,27H2,2-4H3,(H,38,41)/t28-,35-/m1/s1. The van der Waals surface area contributed by atoms with Gasteiger partial charge in [0.25, 0.3) is 0 Å². The monoisotopic (exact) mass is 599 g/mol. The van der Waals surface area contributed by atoms with Crippen LogP contribution < -0.4 is 14.8 Å². The minimum atomic E-state index is -1.06. The number of hydrogen-bond donors (Lipinski definition) is 2. The zero-order chi connectivity index (χ0) is 31.8. The maximum Gasteiger partial charge on any atom is 0.220 e. The molecule has 0 saturated carbocycles. The predicted molar refractivity (Wildman–Crippen MR) is 173 cm³/mol. The molecular formula is C37H45NO6. The van der Waals surface area contributed by atoms with E-state index in [1.54, 1.807) is 21.1 Å². The van der Waals surface area contributed by atoms with Gasteiger partial charge in [-0.2, -0.15) is 0 Å². The molecule has 0 aliphatic rings. The van der Waals surface area contributed by atoms with E-state index in [0.717, 1.165) is 47.5 Å². The molecule has 2 atom stereocenters. The van der Waals surface area contributed by atoms with Gasteiger partial charge in [-0.05, 0) is 60.7 Å². The third-order valence-corrected chi connectivity index (χ3v) is 7.74. The lowest BCUT2D eigenvalue weighted by Gasteiger charge is -2.37. The van der Waals surface area contributed by atoms with Crippen LogP contribution in [0.15, 0.2) is 78.9 Å². The molecule has 7 heteroatoms. The number of aliphatic hydroxyl groups excluding tert-OH is 1. The molecule has 1 amide bonds. The van der Waals surface area contributed by atoms with Crippen molar-refractivity contribution in [2.75, 3.05) is 20.8 Å². The van der Waals surface area contributed by atoms with Gasteiger partial charge in [0.2, 0.25) is 5.91 Å². The first-order valence-corrected chi connectivity index (χ1v) is 15.2. The largest absolute Gasteiger partial charge is 0.497 e. The summed E-state index contributed by atoms with van der Waals surface area (Å²) in [6, 6.07) is 24.7. The summed E-state index contributed by atoms with van der Waals surface area (Å²) in [4.78, 5) is 24.7. The second-order valence-corrected chi connectivity index (χ2v) is 10.9. The Balaban J connectivity index is 1.77. The molecule has 0 radical (unpaired) electrons. The van der Waals surface area contributed by atoms with E-state index in [1.807, 2.05) is 78.9 Å². The molecule has 0 aromatic heterocycles. The third kappa shape index (κ3) is 9.70. The number of ketones is 1. The average Bonchev–Trinajstić information content (AvgIpc) is 3.05. The van der Waals surface area contributed by atoms with Crippen LogP contribution >= 0.6 is 0 Å². The second-order valence-electron chi connectivity index (χ2n) is 10.9. The highest BCUT2D eigenvalue weighted by Gasteiger charge is 2.39. The van der Waals surface area contributed by atoms with Gasteiger partial charge in [0.15, 0.2) is 0 Å². The normalized spacial score (nSPS) is 12.5. The van der Waals surface area contributed by atoms with Gasteiger partial charge in [-0.3, -0.25) is 9.59 Å². The summed E-state index contributed by atoms with van der Waals surface area (Å²) in [7, 11) is 3.25. The average molecular weight is 600 g/mol. The molecule has 2 N–H and O–H groups in total. The van der Waals surface area contributed by atoms with Gasteiger partial charge in [-0.25, -0.2) is 0 Å². The number of ether oxygens (including phenoxy) is 3. The number of Topliss-reactive ketones (excluding diaryl/α,β-unsaturated/α-hetero) is 1. The minimum absolute atomic E-state index is 0.0517. The molecule has 0 spiro atoms. The highest BCUT2D eigenvalue weighted by Crippen LogP contribution is 2.41. The van der Waals surface area contributed by atoms with Crippen molar-refractivity contribution in [3.8, 4) is 23.8 Å². The predicted octanol–water partition coefficient (Wildman–Crippen LogP) is 6.20. The molecule has 3 aromatic rings. The number of carbonyl (C=O) groups is 2. The number of rotatable bonds is 19. The van der Waals surface area contributed by atoms with Crippen molar-refractivity contribution < 1.29 is 28.9 Å². The van der Waals surface area contributed by atoms with Crippen LogP contribution in [0, 0.1) is 12.3 Å². The van der Waals surface area contributed by atoms with Crippen LogP contribution in [0.3, 0.4) is 0 Å². The Kier molecular flexibility index (Phi) is 14.0. The molecule has 0 fully saturated rings. The number of terminal acetylenes is 1. The summed E-state index contributed by atoms with van der Waals surface area (Å²) in [5, 5.41) is 13.7. The van der Waals surface area contributed by atoms with Crippen LogP contribution in [0.1, 0.15) is 75.0 Å². The maximum absolute atomic E-state index is 12.9. The first-order chi connectivity index (χ1) is 21.3. The van der Waals surface area contributed by atoms with Crippen molar-refractivity contribution in [2.24, 2.45) is 0 Å². The summed E-state index contributed by atoms with van der Waals surface area (Å²) in [5.74, 6) is 3.97. The topological polar surface area (TPSA) is 94.1 Å². The first-order valence-electron chi connectivity index (χ1n) is 15.2. The highest BCUT2D eigenvalue weighted by atomic mass is 16.5. The number of hydrogen-bond acceptors (Lipinski definition) is 6. The van der Waals surface area contributed by atoms with E-state index in [1.165, 1.54) is 0 Å². The Bertz CT molecular complexity index is 1280. The Morgan fingerprint density at radius 3 is 1.82 bits per heavy atom. The quantitative estimate of drug-likeness (QED) is 0.0968. The van der Waals surface area contributed by atoms with E-state index in [0.29, 0.717) is 32.1 Å². The molecule has 0 aliphatic carbocycles. The zero-order valence-electron chi connectivity index (χ0n) is 26.1. The number of amides is 1. The maximum atomic E-state index is 12.9. The fourth-order valence-electron chi connectivity index (χ4n) is 5.17. The number of nitrogens with one attached hydrogen (secondary N) is 1. The van der Waals surface area contributed by atoms with Crippen LogP contribution in [0.25, 0.3) is 0 Å². The van der Waals surface area contributed by atoms with Crippen molar-refractivity contribution in [3.63, 3.8) is 0 Å². The molecule has 0 aliphatic heterocycles. The first kappa shape index (κ1) is 34.4. The Labute approximate surface area is 261 Å². The number of aliphatic hydroxyl groups is 1. The van der Waals surface area contributed by atoms with E-state index < -0.39 is 17.7 Å². The lowest BCUT2D eigenvalue weighted by atomic mass is 9.80. The van der Waals surface area contributed by atoms with Gasteiger partial charge >= 0.3 is 0 Å². The lowest BCUT2D eigenvalue weighted by Crippen LogP contribution is -2.47. The van der Waals surface area contributed by atoms with Crippen molar-refractivity contribution in [2.45, 2.75) is 76.0 Å². The van der Waals surface area contributed by atoms with E-state index in [4.69, 9.17) is 20.6 Å². The fraction of sp³-hybridized carbons (Fsp3) is 0.405. The number of benzene rings is 3. The molecule has 0 bridgehead atoms. The van der Waals surface area contributed by atoms with Gasteiger partial charge in [0, 0.05) is 25.7 Å². The smallest absolute Gasteiger partial charge is 0.220 e.